The van der Waals surface area contributed by atoms with Crippen molar-refractivity contribution < 1.29 is 10.0 Å². The minimum Gasteiger partial charge on any atom is -0.350 e. The number of nitrogens with zero attached hydrogens (tertiary/aromatic N) is 2. The summed E-state index contributed by atoms with van der Waals surface area (Å²) >= 11 is 0. The Bertz CT molecular complexity index is 970. The molecule has 2 aromatic carbocycles. The van der Waals surface area contributed by atoms with Crippen molar-refractivity contribution in [2.45, 2.75) is 25.3 Å². The van der Waals surface area contributed by atoms with Gasteiger partial charge in [-0.15, -0.1) is 0 Å². The van der Waals surface area contributed by atoms with E-state index in [1.54, 1.807) is 0 Å². The molecular formula is C20H19N3O2. The van der Waals surface area contributed by atoms with E-state index in [1.807, 2.05) is 55.6 Å². The topological polar surface area (TPSA) is 79.5 Å². The number of pyridine rings is 1. The molecule has 126 valence electrons. The molecule has 0 bridgehead atoms. The van der Waals surface area contributed by atoms with Gasteiger partial charge in [-0.1, -0.05) is 42.5 Å². The SMILES string of the molecule is Cc1cccc2cc(C3Cc4ccccc4C3N(O)C(N)=O)cnc12. The third-order valence-electron chi connectivity index (χ3n) is 5.05. The molecule has 3 N–H and O–H groups in total. The quantitative estimate of drug-likeness (QED) is 0.554. The van der Waals surface area contributed by atoms with Crippen molar-refractivity contribution >= 4 is 16.9 Å². The highest BCUT2D eigenvalue weighted by molar-refractivity contribution is 5.82. The molecule has 5 heteroatoms. The maximum absolute atomic E-state index is 11.6. The Balaban J connectivity index is 1.82. The van der Waals surface area contributed by atoms with Gasteiger partial charge in [0.2, 0.25) is 0 Å². The van der Waals surface area contributed by atoms with Gasteiger partial charge < -0.3 is 5.73 Å². The molecule has 1 heterocycles. The van der Waals surface area contributed by atoms with Crippen LogP contribution in [0.15, 0.2) is 54.7 Å². The Morgan fingerprint density at radius 3 is 2.84 bits per heavy atom. The molecule has 2 amide bonds. The largest absolute Gasteiger partial charge is 0.350 e. The summed E-state index contributed by atoms with van der Waals surface area (Å²) in [6, 6.07) is 14.6. The summed E-state index contributed by atoms with van der Waals surface area (Å²) in [7, 11) is 0. The molecule has 0 saturated heterocycles. The summed E-state index contributed by atoms with van der Waals surface area (Å²) in [6.07, 6.45) is 2.57. The average molecular weight is 333 g/mol. The van der Waals surface area contributed by atoms with E-state index in [4.69, 9.17) is 5.73 Å². The average Bonchev–Trinajstić information content (AvgIpc) is 3.00. The van der Waals surface area contributed by atoms with Crippen molar-refractivity contribution in [3.05, 3.63) is 77.0 Å². The van der Waals surface area contributed by atoms with Gasteiger partial charge in [-0.25, -0.2) is 4.79 Å². The first-order valence-corrected chi connectivity index (χ1v) is 8.27. The van der Waals surface area contributed by atoms with Crippen molar-refractivity contribution in [2.24, 2.45) is 5.73 Å². The smallest absolute Gasteiger partial charge is 0.339 e. The monoisotopic (exact) mass is 333 g/mol. The van der Waals surface area contributed by atoms with Gasteiger partial charge in [-0.05, 0) is 41.7 Å². The molecule has 0 aliphatic heterocycles. The summed E-state index contributed by atoms with van der Waals surface area (Å²) in [4.78, 5) is 16.2. The molecule has 3 aromatic rings. The van der Waals surface area contributed by atoms with Crippen LogP contribution in [-0.2, 0) is 6.42 Å². The van der Waals surface area contributed by atoms with Crippen LogP contribution in [0.1, 0.15) is 34.2 Å². The maximum atomic E-state index is 11.6. The molecule has 0 radical (unpaired) electrons. The molecule has 0 fully saturated rings. The number of nitrogens with two attached hydrogens (primary N) is 1. The maximum Gasteiger partial charge on any atom is 0.339 e. The number of primary amides is 1. The van der Waals surface area contributed by atoms with Crippen LogP contribution in [0.3, 0.4) is 0 Å². The number of rotatable bonds is 2. The molecular weight excluding hydrogens is 314 g/mol. The standard InChI is InChI=1S/C20H19N3O2/c1-12-5-4-7-14-9-15(11-22-18(12)14)17-10-13-6-2-3-8-16(13)19(17)23(25)20(21)24/h2-9,11,17,19,25H,10H2,1H3,(H2,21,24). The lowest BCUT2D eigenvalue weighted by molar-refractivity contribution is -0.0810. The van der Waals surface area contributed by atoms with Gasteiger partial charge in [-0.3, -0.25) is 10.2 Å². The number of hydrogen-bond acceptors (Lipinski definition) is 3. The molecule has 2 atom stereocenters. The van der Waals surface area contributed by atoms with Gasteiger partial charge >= 0.3 is 6.03 Å². The number of hydrogen-bond donors (Lipinski definition) is 2. The van der Waals surface area contributed by atoms with Crippen molar-refractivity contribution in [1.82, 2.24) is 10.0 Å². The van der Waals surface area contributed by atoms with Gasteiger partial charge in [-0.2, -0.15) is 5.06 Å². The summed E-state index contributed by atoms with van der Waals surface area (Å²) in [5.41, 5.74) is 10.5. The minimum absolute atomic E-state index is 0.0905. The molecule has 5 nitrogen and oxygen atoms in total. The third-order valence-corrected chi connectivity index (χ3v) is 5.05. The summed E-state index contributed by atoms with van der Waals surface area (Å²) < 4.78 is 0. The van der Waals surface area contributed by atoms with Crippen molar-refractivity contribution in [1.29, 1.82) is 0 Å². The molecule has 4 rings (SSSR count). The number of benzene rings is 2. The second kappa shape index (κ2) is 5.86. The molecule has 2 unspecified atom stereocenters. The highest BCUT2D eigenvalue weighted by Crippen LogP contribution is 2.45. The Morgan fingerprint density at radius 2 is 2.04 bits per heavy atom. The Kier molecular flexibility index (Phi) is 3.66. The number of urea groups is 1. The van der Waals surface area contributed by atoms with E-state index in [9.17, 15) is 10.0 Å². The highest BCUT2D eigenvalue weighted by atomic mass is 16.5. The fourth-order valence-electron chi connectivity index (χ4n) is 3.85. The summed E-state index contributed by atoms with van der Waals surface area (Å²) in [5, 5.41) is 12.0. The zero-order valence-electron chi connectivity index (χ0n) is 13.9. The van der Waals surface area contributed by atoms with Gasteiger partial charge in [0.25, 0.3) is 0 Å². The fourth-order valence-corrected chi connectivity index (χ4v) is 3.85. The number of carbonyl (C=O) groups is 1. The van der Waals surface area contributed by atoms with Crippen molar-refractivity contribution in [2.75, 3.05) is 0 Å². The predicted molar refractivity (Wildman–Crippen MR) is 95.3 cm³/mol. The highest BCUT2D eigenvalue weighted by Gasteiger charge is 2.39. The first-order valence-electron chi connectivity index (χ1n) is 8.27. The second-order valence-electron chi connectivity index (χ2n) is 6.55. The number of fused-ring (bicyclic) bond motifs is 2. The van der Waals surface area contributed by atoms with Crippen molar-refractivity contribution in [3.8, 4) is 0 Å². The molecule has 1 aromatic heterocycles. The first kappa shape index (κ1) is 15.6. The van der Waals surface area contributed by atoms with E-state index >= 15 is 0 Å². The lowest BCUT2D eigenvalue weighted by Gasteiger charge is -2.27. The summed E-state index contributed by atoms with van der Waals surface area (Å²) in [6.45, 7) is 2.03. The van der Waals surface area contributed by atoms with E-state index in [1.165, 1.54) is 0 Å². The molecule has 0 spiro atoms. The molecule has 1 aliphatic carbocycles. The lowest BCUT2D eigenvalue weighted by Crippen LogP contribution is -2.37. The molecule has 0 saturated carbocycles. The van der Waals surface area contributed by atoms with Crippen LogP contribution in [-0.4, -0.2) is 21.3 Å². The van der Waals surface area contributed by atoms with Crippen LogP contribution >= 0.6 is 0 Å². The van der Waals surface area contributed by atoms with Crippen LogP contribution in [0.4, 0.5) is 4.79 Å². The second-order valence-corrected chi connectivity index (χ2v) is 6.55. The number of carbonyl (C=O) groups excluding carboxylic acids is 1. The Hall–Kier alpha value is -2.92. The van der Waals surface area contributed by atoms with Crippen LogP contribution < -0.4 is 5.73 Å². The number of para-hydroxylation sites is 1. The zero-order chi connectivity index (χ0) is 17.6. The van der Waals surface area contributed by atoms with Crippen molar-refractivity contribution in [3.63, 3.8) is 0 Å². The van der Waals surface area contributed by atoms with Crippen LogP contribution in [0.25, 0.3) is 10.9 Å². The minimum atomic E-state index is -0.851. The van der Waals surface area contributed by atoms with Gasteiger partial charge in [0.15, 0.2) is 0 Å². The number of amides is 2. The number of aromatic nitrogens is 1. The third kappa shape index (κ3) is 2.53. The summed E-state index contributed by atoms with van der Waals surface area (Å²) in [5.74, 6) is -0.0905. The Morgan fingerprint density at radius 1 is 1.24 bits per heavy atom. The number of hydroxylamine groups is 2. The zero-order valence-corrected chi connectivity index (χ0v) is 13.9. The first-order chi connectivity index (χ1) is 12.1. The van der Waals surface area contributed by atoms with E-state index in [-0.39, 0.29) is 5.92 Å². The van der Waals surface area contributed by atoms with Gasteiger partial charge in [0.05, 0.1) is 11.6 Å². The fraction of sp³-hybridized carbons (Fsp3) is 0.200. The van der Waals surface area contributed by atoms with Gasteiger partial charge in [0, 0.05) is 17.5 Å². The van der Waals surface area contributed by atoms with Crippen LogP contribution in [0.5, 0.6) is 0 Å². The molecule has 25 heavy (non-hydrogen) atoms. The van der Waals surface area contributed by atoms with Gasteiger partial charge in [0.1, 0.15) is 0 Å². The van der Waals surface area contributed by atoms with Crippen LogP contribution in [0, 0.1) is 6.92 Å². The van der Waals surface area contributed by atoms with E-state index in [2.05, 4.69) is 11.1 Å². The number of aryl methyl sites for hydroxylation is 1. The predicted octanol–water partition coefficient (Wildman–Crippen LogP) is 3.69. The normalized spacial score (nSPS) is 19.0. The van der Waals surface area contributed by atoms with Crippen LogP contribution in [0.2, 0.25) is 0 Å². The molecule has 1 aliphatic rings. The van der Waals surface area contributed by atoms with E-state index < -0.39 is 12.1 Å². The lowest BCUT2D eigenvalue weighted by atomic mass is 9.92. The van der Waals surface area contributed by atoms with E-state index in [0.29, 0.717) is 5.06 Å². The Labute approximate surface area is 145 Å². The van der Waals surface area contributed by atoms with E-state index in [0.717, 1.165) is 39.6 Å².